The second kappa shape index (κ2) is 5.08. The number of nitrogens with one attached hydrogen (secondary N) is 1. The quantitative estimate of drug-likeness (QED) is 0.867. The average molecular weight is 244 g/mol. The van der Waals surface area contributed by atoms with Crippen LogP contribution in [0, 0.1) is 6.92 Å². The van der Waals surface area contributed by atoms with Crippen LogP contribution in [0.1, 0.15) is 17.7 Å². The lowest BCUT2D eigenvalue weighted by Crippen LogP contribution is -2.28. The Kier molecular flexibility index (Phi) is 3.30. The molecule has 0 aromatic carbocycles. The fourth-order valence-electron chi connectivity index (χ4n) is 2.61. The van der Waals surface area contributed by atoms with Crippen molar-refractivity contribution < 1.29 is 0 Å². The Morgan fingerprint density at radius 3 is 3.22 bits per heavy atom. The van der Waals surface area contributed by atoms with E-state index >= 15 is 0 Å². The van der Waals surface area contributed by atoms with Crippen LogP contribution in [0.15, 0.2) is 24.5 Å². The van der Waals surface area contributed by atoms with Crippen LogP contribution in [-0.2, 0) is 6.54 Å². The topological polar surface area (TPSA) is 32.6 Å². The third-order valence-corrected chi connectivity index (χ3v) is 3.63. The SMILES string of the molecule is Cc1cccn2c(CN3CCCNCC3)cnc12. The molecular weight excluding hydrogens is 224 g/mol. The van der Waals surface area contributed by atoms with Gasteiger partial charge in [0, 0.05) is 25.8 Å². The maximum absolute atomic E-state index is 4.53. The molecule has 1 saturated heterocycles. The molecule has 0 bridgehead atoms. The summed E-state index contributed by atoms with van der Waals surface area (Å²) in [6.07, 6.45) is 5.36. The third kappa shape index (κ3) is 2.26. The van der Waals surface area contributed by atoms with Crippen LogP contribution in [-0.4, -0.2) is 40.5 Å². The van der Waals surface area contributed by atoms with Gasteiger partial charge in [-0.05, 0) is 38.1 Å². The van der Waals surface area contributed by atoms with Crippen molar-refractivity contribution in [3.63, 3.8) is 0 Å². The first-order valence-corrected chi connectivity index (χ1v) is 6.69. The highest BCUT2D eigenvalue weighted by Crippen LogP contribution is 2.13. The van der Waals surface area contributed by atoms with Gasteiger partial charge in [-0.3, -0.25) is 4.90 Å². The summed E-state index contributed by atoms with van der Waals surface area (Å²) in [7, 11) is 0. The lowest BCUT2D eigenvalue weighted by atomic mass is 10.3. The molecule has 0 unspecified atom stereocenters. The first-order valence-electron chi connectivity index (χ1n) is 6.69. The Balaban J connectivity index is 1.83. The van der Waals surface area contributed by atoms with Crippen molar-refractivity contribution in [2.24, 2.45) is 0 Å². The summed E-state index contributed by atoms with van der Waals surface area (Å²) in [5, 5.41) is 3.44. The normalized spacial score (nSPS) is 18.1. The number of rotatable bonds is 2. The van der Waals surface area contributed by atoms with E-state index in [4.69, 9.17) is 0 Å². The van der Waals surface area contributed by atoms with Gasteiger partial charge in [0.05, 0.1) is 11.9 Å². The fourth-order valence-corrected chi connectivity index (χ4v) is 2.61. The number of imidazole rings is 1. The fraction of sp³-hybridized carbons (Fsp3) is 0.500. The van der Waals surface area contributed by atoms with Crippen LogP contribution in [0.2, 0.25) is 0 Å². The molecule has 0 radical (unpaired) electrons. The van der Waals surface area contributed by atoms with Gasteiger partial charge in [0.1, 0.15) is 5.65 Å². The second-order valence-corrected chi connectivity index (χ2v) is 5.01. The van der Waals surface area contributed by atoms with E-state index in [1.807, 2.05) is 6.20 Å². The van der Waals surface area contributed by atoms with E-state index in [9.17, 15) is 0 Å². The Hall–Kier alpha value is -1.39. The molecule has 2 aromatic rings. The van der Waals surface area contributed by atoms with Crippen LogP contribution in [0.5, 0.6) is 0 Å². The molecule has 1 aliphatic rings. The van der Waals surface area contributed by atoms with Crippen molar-refractivity contribution in [2.45, 2.75) is 19.9 Å². The minimum absolute atomic E-state index is 0.992. The third-order valence-electron chi connectivity index (χ3n) is 3.63. The van der Waals surface area contributed by atoms with Crippen LogP contribution >= 0.6 is 0 Å². The van der Waals surface area contributed by atoms with Crippen LogP contribution in [0.4, 0.5) is 0 Å². The minimum Gasteiger partial charge on any atom is -0.315 e. The molecule has 4 heteroatoms. The van der Waals surface area contributed by atoms with Crippen molar-refractivity contribution in [2.75, 3.05) is 26.2 Å². The Morgan fingerprint density at radius 2 is 2.28 bits per heavy atom. The van der Waals surface area contributed by atoms with Gasteiger partial charge >= 0.3 is 0 Å². The highest BCUT2D eigenvalue weighted by atomic mass is 15.2. The number of fused-ring (bicyclic) bond motifs is 1. The molecule has 0 amide bonds. The molecule has 3 rings (SSSR count). The van der Waals surface area contributed by atoms with Crippen molar-refractivity contribution in [3.05, 3.63) is 35.8 Å². The summed E-state index contributed by atoms with van der Waals surface area (Å²) in [5.41, 5.74) is 3.61. The molecular formula is C14H20N4. The van der Waals surface area contributed by atoms with Crippen LogP contribution < -0.4 is 5.32 Å². The molecule has 2 aromatic heterocycles. The first kappa shape index (κ1) is 11.7. The van der Waals surface area contributed by atoms with Gasteiger partial charge in [0.25, 0.3) is 0 Å². The molecule has 1 N–H and O–H groups in total. The molecule has 1 aliphatic heterocycles. The van der Waals surface area contributed by atoms with Gasteiger partial charge in [-0.25, -0.2) is 4.98 Å². The Morgan fingerprint density at radius 1 is 1.33 bits per heavy atom. The maximum Gasteiger partial charge on any atom is 0.139 e. The standard InChI is InChI=1S/C14H20N4/c1-12-4-2-8-18-13(10-16-14(12)18)11-17-7-3-5-15-6-9-17/h2,4,8,10,15H,3,5-7,9,11H2,1H3. The molecule has 3 heterocycles. The number of hydrogen-bond acceptors (Lipinski definition) is 3. The maximum atomic E-state index is 4.53. The molecule has 96 valence electrons. The minimum atomic E-state index is 0.992. The molecule has 0 aliphatic carbocycles. The Labute approximate surface area is 108 Å². The first-order chi connectivity index (χ1) is 8.84. The molecule has 0 atom stereocenters. The summed E-state index contributed by atoms with van der Waals surface area (Å²) in [6, 6.07) is 4.21. The number of aryl methyl sites for hydroxylation is 1. The van der Waals surface area contributed by atoms with E-state index in [2.05, 4.69) is 44.9 Å². The van der Waals surface area contributed by atoms with E-state index in [1.54, 1.807) is 0 Å². The number of nitrogens with zero attached hydrogens (tertiary/aromatic N) is 3. The van der Waals surface area contributed by atoms with E-state index in [0.29, 0.717) is 0 Å². The van der Waals surface area contributed by atoms with E-state index < -0.39 is 0 Å². The van der Waals surface area contributed by atoms with Crippen molar-refractivity contribution in [3.8, 4) is 0 Å². The largest absolute Gasteiger partial charge is 0.315 e. The van der Waals surface area contributed by atoms with Gasteiger partial charge in [0.2, 0.25) is 0 Å². The monoisotopic (exact) mass is 244 g/mol. The molecule has 0 spiro atoms. The predicted molar refractivity (Wildman–Crippen MR) is 72.7 cm³/mol. The van der Waals surface area contributed by atoms with Gasteiger partial charge in [-0.15, -0.1) is 0 Å². The summed E-state index contributed by atoms with van der Waals surface area (Å²) in [4.78, 5) is 7.03. The molecule has 4 nitrogen and oxygen atoms in total. The van der Waals surface area contributed by atoms with E-state index in [0.717, 1.165) is 31.8 Å². The highest BCUT2D eigenvalue weighted by Gasteiger charge is 2.12. The van der Waals surface area contributed by atoms with Crippen molar-refractivity contribution in [1.82, 2.24) is 19.6 Å². The van der Waals surface area contributed by atoms with E-state index in [1.165, 1.54) is 24.2 Å². The van der Waals surface area contributed by atoms with Gasteiger partial charge in [-0.2, -0.15) is 0 Å². The average Bonchev–Trinajstić information content (AvgIpc) is 2.61. The lowest BCUT2D eigenvalue weighted by Gasteiger charge is -2.18. The molecule has 18 heavy (non-hydrogen) atoms. The number of pyridine rings is 1. The summed E-state index contributed by atoms with van der Waals surface area (Å²) >= 11 is 0. The molecule has 0 saturated carbocycles. The zero-order valence-electron chi connectivity index (χ0n) is 10.9. The summed E-state index contributed by atoms with van der Waals surface area (Å²) in [6.45, 7) is 7.64. The number of aromatic nitrogens is 2. The smallest absolute Gasteiger partial charge is 0.139 e. The lowest BCUT2D eigenvalue weighted by molar-refractivity contribution is 0.280. The van der Waals surface area contributed by atoms with Crippen molar-refractivity contribution >= 4 is 5.65 Å². The zero-order valence-corrected chi connectivity index (χ0v) is 10.9. The highest BCUT2D eigenvalue weighted by molar-refractivity contribution is 5.48. The second-order valence-electron chi connectivity index (χ2n) is 5.01. The zero-order chi connectivity index (χ0) is 12.4. The number of hydrogen-bond donors (Lipinski definition) is 1. The van der Waals surface area contributed by atoms with Crippen LogP contribution in [0.25, 0.3) is 5.65 Å². The van der Waals surface area contributed by atoms with Crippen molar-refractivity contribution in [1.29, 1.82) is 0 Å². The summed E-state index contributed by atoms with van der Waals surface area (Å²) in [5.74, 6) is 0. The molecule has 1 fully saturated rings. The van der Waals surface area contributed by atoms with E-state index in [-0.39, 0.29) is 0 Å². The van der Waals surface area contributed by atoms with Gasteiger partial charge < -0.3 is 9.72 Å². The van der Waals surface area contributed by atoms with Gasteiger partial charge in [-0.1, -0.05) is 6.07 Å². The van der Waals surface area contributed by atoms with Crippen LogP contribution in [0.3, 0.4) is 0 Å². The Bertz CT molecular complexity index is 524. The van der Waals surface area contributed by atoms with Gasteiger partial charge in [0.15, 0.2) is 0 Å². The summed E-state index contributed by atoms with van der Waals surface area (Å²) < 4.78 is 2.22. The predicted octanol–water partition coefficient (Wildman–Crippen LogP) is 1.44.